The van der Waals surface area contributed by atoms with E-state index in [9.17, 15) is 4.79 Å². The SMILES string of the molecule is O=C1CC2CCCC2O1. The summed E-state index contributed by atoms with van der Waals surface area (Å²) < 4.78 is 5.05. The van der Waals surface area contributed by atoms with Gasteiger partial charge in [-0.25, -0.2) is 0 Å². The Hall–Kier alpha value is -0.530. The monoisotopic (exact) mass is 126 g/mol. The first-order valence-electron chi connectivity index (χ1n) is 3.56. The molecule has 2 fully saturated rings. The minimum absolute atomic E-state index is 0.0182. The average molecular weight is 126 g/mol. The van der Waals surface area contributed by atoms with Gasteiger partial charge in [0.1, 0.15) is 6.10 Å². The van der Waals surface area contributed by atoms with E-state index in [0.717, 1.165) is 6.42 Å². The summed E-state index contributed by atoms with van der Waals surface area (Å²) in [5.41, 5.74) is 0. The largest absolute Gasteiger partial charge is 0.462 e. The molecule has 1 aliphatic heterocycles. The molecule has 1 saturated heterocycles. The molecular formula is C7H10O2. The Balaban J connectivity index is 2.09. The van der Waals surface area contributed by atoms with Crippen molar-refractivity contribution in [3.8, 4) is 0 Å². The Morgan fingerprint density at radius 3 is 3.11 bits per heavy atom. The van der Waals surface area contributed by atoms with Gasteiger partial charge in [-0.3, -0.25) is 4.79 Å². The van der Waals surface area contributed by atoms with Crippen LogP contribution in [0, 0.1) is 5.92 Å². The summed E-state index contributed by atoms with van der Waals surface area (Å²) in [5.74, 6) is 0.599. The van der Waals surface area contributed by atoms with E-state index in [0.29, 0.717) is 18.4 Å². The van der Waals surface area contributed by atoms with Crippen LogP contribution in [0.3, 0.4) is 0 Å². The van der Waals surface area contributed by atoms with Crippen molar-refractivity contribution in [2.75, 3.05) is 0 Å². The van der Waals surface area contributed by atoms with Crippen LogP contribution in [0.15, 0.2) is 0 Å². The van der Waals surface area contributed by atoms with Crippen LogP contribution in [0.4, 0.5) is 0 Å². The minimum atomic E-state index is 0.0182. The summed E-state index contributed by atoms with van der Waals surface area (Å²) in [6.45, 7) is 0. The number of esters is 1. The van der Waals surface area contributed by atoms with Crippen molar-refractivity contribution in [2.24, 2.45) is 5.92 Å². The molecule has 0 aromatic carbocycles. The van der Waals surface area contributed by atoms with Gasteiger partial charge in [0.25, 0.3) is 0 Å². The molecule has 0 bridgehead atoms. The van der Waals surface area contributed by atoms with E-state index in [1.54, 1.807) is 0 Å². The lowest BCUT2D eigenvalue weighted by Gasteiger charge is -2.03. The lowest BCUT2D eigenvalue weighted by Crippen LogP contribution is -2.06. The lowest BCUT2D eigenvalue weighted by molar-refractivity contribution is -0.141. The molecule has 2 aliphatic rings. The topological polar surface area (TPSA) is 26.3 Å². The van der Waals surface area contributed by atoms with Gasteiger partial charge in [-0.05, 0) is 19.3 Å². The molecule has 2 rings (SSSR count). The summed E-state index contributed by atoms with van der Waals surface area (Å²) in [4.78, 5) is 10.6. The molecule has 0 radical (unpaired) electrons. The first kappa shape index (κ1) is 5.27. The van der Waals surface area contributed by atoms with Crippen LogP contribution in [-0.2, 0) is 9.53 Å². The first-order chi connectivity index (χ1) is 4.36. The molecule has 0 aromatic heterocycles. The molecule has 9 heavy (non-hydrogen) atoms. The third-order valence-electron chi connectivity index (χ3n) is 2.30. The molecule has 2 heteroatoms. The zero-order valence-corrected chi connectivity index (χ0v) is 5.30. The predicted molar refractivity (Wildman–Crippen MR) is 31.8 cm³/mol. The Morgan fingerprint density at radius 1 is 1.44 bits per heavy atom. The van der Waals surface area contributed by atoms with Crippen LogP contribution in [0.1, 0.15) is 25.7 Å². The van der Waals surface area contributed by atoms with Gasteiger partial charge in [0.05, 0.1) is 6.42 Å². The zero-order chi connectivity index (χ0) is 6.27. The van der Waals surface area contributed by atoms with E-state index in [2.05, 4.69) is 0 Å². The van der Waals surface area contributed by atoms with Crippen LogP contribution in [-0.4, -0.2) is 12.1 Å². The molecule has 2 nitrogen and oxygen atoms in total. The van der Waals surface area contributed by atoms with Crippen molar-refractivity contribution in [3.63, 3.8) is 0 Å². The number of rotatable bonds is 0. The van der Waals surface area contributed by atoms with Crippen molar-refractivity contribution in [1.82, 2.24) is 0 Å². The highest BCUT2D eigenvalue weighted by molar-refractivity contribution is 5.72. The first-order valence-corrected chi connectivity index (χ1v) is 3.56. The van der Waals surface area contributed by atoms with Crippen molar-refractivity contribution in [1.29, 1.82) is 0 Å². The van der Waals surface area contributed by atoms with Crippen LogP contribution >= 0.6 is 0 Å². The van der Waals surface area contributed by atoms with Gasteiger partial charge in [-0.1, -0.05) is 0 Å². The molecule has 1 aliphatic carbocycles. The Labute approximate surface area is 54.2 Å². The van der Waals surface area contributed by atoms with Gasteiger partial charge >= 0.3 is 5.97 Å². The average Bonchev–Trinajstić information content (AvgIpc) is 2.22. The third kappa shape index (κ3) is 0.732. The Kier molecular flexibility index (Phi) is 1.01. The molecule has 0 amide bonds. The second kappa shape index (κ2) is 1.72. The van der Waals surface area contributed by atoms with E-state index >= 15 is 0 Å². The van der Waals surface area contributed by atoms with Gasteiger partial charge in [-0.15, -0.1) is 0 Å². The van der Waals surface area contributed by atoms with E-state index in [1.807, 2.05) is 0 Å². The zero-order valence-electron chi connectivity index (χ0n) is 5.30. The van der Waals surface area contributed by atoms with Crippen molar-refractivity contribution >= 4 is 5.97 Å². The number of carbonyl (C=O) groups excluding carboxylic acids is 1. The third-order valence-corrected chi connectivity index (χ3v) is 2.30. The van der Waals surface area contributed by atoms with E-state index in [4.69, 9.17) is 4.74 Å². The number of hydrogen-bond donors (Lipinski definition) is 0. The molecule has 0 spiro atoms. The summed E-state index contributed by atoms with van der Waals surface area (Å²) >= 11 is 0. The number of fused-ring (bicyclic) bond motifs is 1. The lowest BCUT2D eigenvalue weighted by atomic mass is 10.1. The van der Waals surface area contributed by atoms with Gasteiger partial charge in [-0.2, -0.15) is 0 Å². The maximum atomic E-state index is 10.6. The second-order valence-electron chi connectivity index (χ2n) is 2.92. The second-order valence-corrected chi connectivity index (χ2v) is 2.92. The number of carbonyl (C=O) groups is 1. The molecule has 2 unspecified atom stereocenters. The molecule has 0 N–H and O–H groups in total. The molecule has 2 atom stereocenters. The van der Waals surface area contributed by atoms with Gasteiger partial charge in [0.2, 0.25) is 0 Å². The fraction of sp³-hybridized carbons (Fsp3) is 0.857. The fourth-order valence-electron chi connectivity index (χ4n) is 1.82. The summed E-state index contributed by atoms with van der Waals surface area (Å²) in [5, 5.41) is 0. The quantitative estimate of drug-likeness (QED) is 0.454. The van der Waals surface area contributed by atoms with Gasteiger partial charge in [0, 0.05) is 5.92 Å². The van der Waals surface area contributed by atoms with Crippen LogP contribution in [0.25, 0.3) is 0 Å². The standard InChI is InChI=1S/C7H10O2/c8-7-4-5-2-1-3-6(5)9-7/h5-6H,1-4H2. The smallest absolute Gasteiger partial charge is 0.306 e. The van der Waals surface area contributed by atoms with E-state index in [1.165, 1.54) is 12.8 Å². The fourth-order valence-corrected chi connectivity index (χ4v) is 1.82. The molecular weight excluding hydrogens is 116 g/mol. The minimum Gasteiger partial charge on any atom is -0.462 e. The normalized spacial score (nSPS) is 40.7. The van der Waals surface area contributed by atoms with E-state index in [-0.39, 0.29) is 5.97 Å². The van der Waals surface area contributed by atoms with Crippen LogP contribution in [0.5, 0.6) is 0 Å². The predicted octanol–water partition coefficient (Wildman–Crippen LogP) is 1.10. The van der Waals surface area contributed by atoms with E-state index < -0.39 is 0 Å². The molecule has 50 valence electrons. The van der Waals surface area contributed by atoms with Gasteiger partial charge in [0.15, 0.2) is 0 Å². The molecule has 1 heterocycles. The maximum Gasteiger partial charge on any atom is 0.306 e. The van der Waals surface area contributed by atoms with Crippen LogP contribution < -0.4 is 0 Å². The summed E-state index contributed by atoms with van der Waals surface area (Å²) in [6, 6.07) is 0. The van der Waals surface area contributed by atoms with Crippen molar-refractivity contribution in [2.45, 2.75) is 31.8 Å². The highest BCUT2D eigenvalue weighted by Gasteiger charge is 2.37. The van der Waals surface area contributed by atoms with Crippen molar-refractivity contribution in [3.05, 3.63) is 0 Å². The Bertz CT molecular complexity index is 128. The Morgan fingerprint density at radius 2 is 2.33 bits per heavy atom. The highest BCUT2D eigenvalue weighted by Crippen LogP contribution is 2.35. The molecule has 1 saturated carbocycles. The molecule has 0 aromatic rings. The number of hydrogen-bond acceptors (Lipinski definition) is 2. The van der Waals surface area contributed by atoms with Crippen molar-refractivity contribution < 1.29 is 9.53 Å². The van der Waals surface area contributed by atoms with Crippen LogP contribution in [0.2, 0.25) is 0 Å². The maximum absolute atomic E-state index is 10.6. The summed E-state index contributed by atoms with van der Waals surface area (Å²) in [7, 11) is 0. The number of ether oxygens (including phenoxy) is 1. The summed E-state index contributed by atoms with van der Waals surface area (Å²) in [6.07, 6.45) is 4.55. The highest BCUT2D eigenvalue weighted by atomic mass is 16.5. The van der Waals surface area contributed by atoms with Gasteiger partial charge < -0.3 is 4.74 Å².